The van der Waals surface area contributed by atoms with Crippen molar-refractivity contribution in [2.75, 3.05) is 53.4 Å². The van der Waals surface area contributed by atoms with Gasteiger partial charge >= 0.3 is 0 Å². The van der Waals surface area contributed by atoms with Crippen LogP contribution < -0.4 is 5.32 Å². The second-order valence-electron chi connectivity index (χ2n) is 6.72. The molecule has 1 aromatic carbocycles. The molecule has 0 aliphatic carbocycles. The van der Waals surface area contributed by atoms with Gasteiger partial charge in [0.15, 0.2) is 5.96 Å². The lowest BCUT2D eigenvalue weighted by atomic mass is 10.2. The molecule has 1 aliphatic heterocycles. The summed E-state index contributed by atoms with van der Waals surface area (Å²) in [7, 11) is 4.09. The van der Waals surface area contributed by atoms with E-state index < -0.39 is 0 Å². The van der Waals surface area contributed by atoms with Crippen LogP contribution in [-0.2, 0) is 6.54 Å². The Morgan fingerprint density at radius 2 is 1.83 bits per heavy atom. The number of benzene rings is 1. The summed E-state index contributed by atoms with van der Waals surface area (Å²) in [6, 6.07) is 10.9. The van der Waals surface area contributed by atoms with Crippen molar-refractivity contribution in [2.45, 2.75) is 26.4 Å². The third-order valence-electron chi connectivity index (χ3n) is 4.71. The van der Waals surface area contributed by atoms with Gasteiger partial charge in [0.25, 0.3) is 0 Å². The van der Waals surface area contributed by atoms with Crippen molar-refractivity contribution in [2.24, 2.45) is 4.99 Å². The van der Waals surface area contributed by atoms with E-state index in [0.29, 0.717) is 12.6 Å². The Kier molecular flexibility index (Phi) is 7.53. The van der Waals surface area contributed by atoms with Crippen molar-refractivity contribution in [3.8, 4) is 0 Å². The van der Waals surface area contributed by atoms with Gasteiger partial charge in [0, 0.05) is 52.9 Å². The normalized spacial score (nSPS) is 18.4. The van der Waals surface area contributed by atoms with Crippen molar-refractivity contribution in [3.63, 3.8) is 0 Å². The molecule has 5 heteroatoms. The summed E-state index contributed by atoms with van der Waals surface area (Å²) in [4.78, 5) is 11.9. The second kappa shape index (κ2) is 9.64. The quantitative estimate of drug-likeness (QED) is 0.636. The van der Waals surface area contributed by atoms with Gasteiger partial charge in [-0.05, 0) is 19.0 Å². The largest absolute Gasteiger partial charge is 0.355 e. The summed E-state index contributed by atoms with van der Waals surface area (Å²) in [6.45, 7) is 12.0. The lowest BCUT2D eigenvalue weighted by molar-refractivity contribution is 0.107. The highest BCUT2D eigenvalue weighted by atomic mass is 15.3. The van der Waals surface area contributed by atoms with Crippen LogP contribution in [0.1, 0.15) is 19.4 Å². The fourth-order valence-electron chi connectivity index (χ4n) is 2.99. The second-order valence-corrected chi connectivity index (χ2v) is 6.72. The summed E-state index contributed by atoms with van der Waals surface area (Å²) < 4.78 is 0. The van der Waals surface area contributed by atoms with E-state index in [4.69, 9.17) is 4.99 Å². The first-order valence-electron chi connectivity index (χ1n) is 9.06. The maximum atomic E-state index is 4.74. The number of nitrogens with one attached hydrogen (secondary N) is 1. The van der Waals surface area contributed by atoms with E-state index >= 15 is 0 Å². The van der Waals surface area contributed by atoms with E-state index in [1.54, 1.807) is 0 Å². The molecule has 134 valence electrons. The van der Waals surface area contributed by atoms with Crippen LogP contribution in [0.2, 0.25) is 0 Å². The number of piperazine rings is 1. The number of hydrogen-bond acceptors (Lipinski definition) is 3. The number of hydrogen-bond donors (Lipinski definition) is 1. The summed E-state index contributed by atoms with van der Waals surface area (Å²) in [5.41, 5.74) is 1.24. The monoisotopic (exact) mass is 331 g/mol. The van der Waals surface area contributed by atoms with Gasteiger partial charge in [-0.15, -0.1) is 0 Å². The van der Waals surface area contributed by atoms with Gasteiger partial charge in [0.1, 0.15) is 0 Å². The van der Waals surface area contributed by atoms with Gasteiger partial charge < -0.3 is 15.1 Å². The molecule has 1 heterocycles. The van der Waals surface area contributed by atoms with Crippen LogP contribution in [0.5, 0.6) is 0 Å². The van der Waals surface area contributed by atoms with E-state index in [1.807, 2.05) is 20.2 Å². The van der Waals surface area contributed by atoms with Gasteiger partial charge in [-0.1, -0.05) is 37.3 Å². The Morgan fingerprint density at radius 1 is 1.17 bits per heavy atom. The van der Waals surface area contributed by atoms with Crippen LogP contribution in [0.3, 0.4) is 0 Å². The first kappa shape index (κ1) is 18.7. The molecule has 0 saturated carbocycles. The molecular formula is C19H33N5. The van der Waals surface area contributed by atoms with E-state index in [1.165, 1.54) is 18.7 Å². The molecule has 1 aliphatic rings. The van der Waals surface area contributed by atoms with E-state index in [0.717, 1.165) is 32.1 Å². The van der Waals surface area contributed by atoms with Crippen molar-refractivity contribution in [3.05, 3.63) is 35.9 Å². The molecule has 1 aromatic rings. The molecule has 1 unspecified atom stereocenters. The maximum absolute atomic E-state index is 4.74. The molecule has 5 nitrogen and oxygen atoms in total. The molecule has 1 fully saturated rings. The third-order valence-corrected chi connectivity index (χ3v) is 4.71. The fraction of sp³-hybridized carbons (Fsp3) is 0.632. The molecule has 24 heavy (non-hydrogen) atoms. The van der Waals surface area contributed by atoms with E-state index in [9.17, 15) is 0 Å². The summed E-state index contributed by atoms with van der Waals surface area (Å²) in [6.07, 6.45) is 0. The molecule has 0 radical (unpaired) electrons. The Labute approximate surface area is 147 Å². The van der Waals surface area contributed by atoms with Crippen molar-refractivity contribution in [1.82, 2.24) is 20.0 Å². The molecule has 0 amide bonds. The standard InChI is InChI=1S/C19H33N5/c1-5-23-11-13-24(14-12-23)17(2)15-20-19(22(3)4)21-16-18-9-7-6-8-10-18/h6-10,17H,5,11-16H2,1-4H3,(H,20,21). The maximum Gasteiger partial charge on any atom is 0.193 e. The van der Waals surface area contributed by atoms with Crippen molar-refractivity contribution in [1.29, 1.82) is 0 Å². The van der Waals surface area contributed by atoms with Gasteiger partial charge in [-0.25, -0.2) is 4.99 Å². The highest BCUT2D eigenvalue weighted by Crippen LogP contribution is 2.06. The van der Waals surface area contributed by atoms with E-state index in [-0.39, 0.29) is 0 Å². The summed E-state index contributed by atoms with van der Waals surface area (Å²) in [5, 5.41) is 3.53. The average Bonchev–Trinajstić information content (AvgIpc) is 2.62. The van der Waals surface area contributed by atoms with Crippen LogP contribution in [0.25, 0.3) is 0 Å². The Balaban J connectivity index is 1.82. The molecule has 0 aromatic heterocycles. The van der Waals surface area contributed by atoms with Crippen LogP contribution in [0.4, 0.5) is 0 Å². The van der Waals surface area contributed by atoms with Gasteiger partial charge in [0.2, 0.25) is 0 Å². The SMILES string of the molecule is CCN1CCN(C(C)CNC(=NCc2ccccc2)N(C)C)CC1. The highest BCUT2D eigenvalue weighted by molar-refractivity contribution is 5.79. The van der Waals surface area contributed by atoms with Crippen LogP contribution in [0, 0.1) is 0 Å². The number of aliphatic imine (C=N–C) groups is 1. The smallest absolute Gasteiger partial charge is 0.193 e. The van der Waals surface area contributed by atoms with Gasteiger partial charge in [0.05, 0.1) is 6.54 Å². The topological polar surface area (TPSA) is 34.1 Å². The summed E-state index contributed by atoms with van der Waals surface area (Å²) >= 11 is 0. The van der Waals surface area contributed by atoms with Crippen molar-refractivity contribution < 1.29 is 0 Å². The zero-order valence-electron chi connectivity index (χ0n) is 15.7. The van der Waals surface area contributed by atoms with Gasteiger partial charge in [-0.3, -0.25) is 4.90 Å². The molecule has 2 rings (SSSR count). The average molecular weight is 332 g/mol. The minimum Gasteiger partial charge on any atom is -0.355 e. The minimum atomic E-state index is 0.519. The van der Waals surface area contributed by atoms with Gasteiger partial charge in [-0.2, -0.15) is 0 Å². The molecular weight excluding hydrogens is 298 g/mol. The molecule has 0 bridgehead atoms. The predicted molar refractivity (Wildman–Crippen MR) is 102 cm³/mol. The number of rotatable bonds is 6. The number of guanidine groups is 1. The first-order valence-corrected chi connectivity index (χ1v) is 9.06. The van der Waals surface area contributed by atoms with Crippen LogP contribution in [0.15, 0.2) is 35.3 Å². The first-order chi connectivity index (χ1) is 11.6. The molecule has 1 atom stereocenters. The number of nitrogens with zero attached hydrogens (tertiary/aromatic N) is 4. The minimum absolute atomic E-state index is 0.519. The Morgan fingerprint density at radius 3 is 2.42 bits per heavy atom. The fourth-order valence-corrected chi connectivity index (χ4v) is 2.99. The third kappa shape index (κ3) is 5.80. The lowest BCUT2D eigenvalue weighted by Crippen LogP contribution is -2.53. The van der Waals surface area contributed by atoms with Crippen LogP contribution >= 0.6 is 0 Å². The van der Waals surface area contributed by atoms with Crippen molar-refractivity contribution >= 4 is 5.96 Å². The molecule has 1 N–H and O–H groups in total. The molecule has 0 spiro atoms. The lowest BCUT2D eigenvalue weighted by Gasteiger charge is -2.38. The number of likely N-dealkylation sites (N-methyl/N-ethyl adjacent to an activating group) is 1. The van der Waals surface area contributed by atoms with Crippen LogP contribution in [-0.4, -0.2) is 80.1 Å². The highest BCUT2D eigenvalue weighted by Gasteiger charge is 2.20. The zero-order valence-corrected chi connectivity index (χ0v) is 15.7. The zero-order chi connectivity index (χ0) is 17.4. The predicted octanol–water partition coefficient (Wildman–Crippen LogP) is 1.72. The molecule has 1 saturated heterocycles. The summed E-state index contributed by atoms with van der Waals surface area (Å²) in [5.74, 6) is 0.956. The van der Waals surface area contributed by atoms with E-state index in [2.05, 4.69) is 58.1 Å². The Bertz CT molecular complexity index is 492. The Hall–Kier alpha value is -1.59.